The van der Waals surface area contributed by atoms with Gasteiger partial charge in [-0.1, -0.05) is 18.4 Å². The molecule has 0 spiro atoms. The number of carbonyl (C=O) groups is 2. The van der Waals surface area contributed by atoms with Gasteiger partial charge in [-0.15, -0.1) is 10.2 Å². The summed E-state index contributed by atoms with van der Waals surface area (Å²) < 4.78 is 33.2. The fourth-order valence-corrected chi connectivity index (χ4v) is 4.08. The van der Waals surface area contributed by atoms with Crippen LogP contribution in [0.1, 0.15) is 47.4 Å². The van der Waals surface area contributed by atoms with Gasteiger partial charge in [0.1, 0.15) is 11.9 Å². The second-order valence-corrected chi connectivity index (χ2v) is 9.68. The first-order valence-electron chi connectivity index (χ1n) is 13.3. The van der Waals surface area contributed by atoms with Gasteiger partial charge in [-0.2, -0.15) is 5.10 Å². The van der Waals surface area contributed by atoms with Crippen molar-refractivity contribution >= 4 is 23.3 Å². The molecule has 3 aromatic rings. The molecule has 0 bridgehead atoms. The fraction of sp³-hybridized carbons (Fsp3) is 0.357. The minimum Gasteiger partial charge on any atom is -0.488 e. The lowest BCUT2D eigenvalue weighted by atomic mass is 9.91. The second kappa shape index (κ2) is 14.1. The van der Waals surface area contributed by atoms with E-state index in [0.29, 0.717) is 35.8 Å². The van der Waals surface area contributed by atoms with Crippen LogP contribution in [0.4, 0.5) is 14.6 Å². The predicted octanol–water partition coefficient (Wildman–Crippen LogP) is 3.34. The van der Waals surface area contributed by atoms with Gasteiger partial charge in [-0.3, -0.25) is 24.2 Å². The molecule has 0 aliphatic heterocycles. The van der Waals surface area contributed by atoms with E-state index in [1.807, 2.05) is 0 Å². The van der Waals surface area contributed by atoms with E-state index in [2.05, 4.69) is 54.3 Å². The summed E-state index contributed by atoms with van der Waals surface area (Å²) >= 11 is 0. The highest BCUT2D eigenvalue weighted by atomic mass is 19.3. The van der Waals surface area contributed by atoms with Crippen LogP contribution in [0.2, 0.25) is 0 Å². The number of halogens is 2. The van der Waals surface area contributed by atoms with Crippen LogP contribution in [0.25, 0.3) is 0 Å². The summed E-state index contributed by atoms with van der Waals surface area (Å²) in [5.74, 6) is -2.69. The summed E-state index contributed by atoms with van der Waals surface area (Å²) in [6.45, 7) is 7.94. The number of unbranched alkanes of at least 4 members (excludes halogenated alkanes) is 1. The van der Waals surface area contributed by atoms with Crippen molar-refractivity contribution in [2.24, 2.45) is 4.99 Å². The molecule has 2 N–H and O–H groups in total. The van der Waals surface area contributed by atoms with Gasteiger partial charge >= 0.3 is 0 Å². The van der Waals surface area contributed by atoms with Gasteiger partial charge < -0.3 is 15.4 Å². The maximum Gasteiger partial charge on any atom is 0.273 e. The van der Waals surface area contributed by atoms with Crippen molar-refractivity contribution in [3.05, 3.63) is 79.2 Å². The maximum absolute atomic E-state index is 13.0. The molecule has 1 fully saturated rings. The number of pyridine rings is 1. The monoisotopic (exact) mass is 579 g/mol. The average Bonchev–Trinajstić information content (AvgIpc) is 3.42. The zero-order valence-corrected chi connectivity index (χ0v) is 22.9. The normalized spacial score (nSPS) is 14.5. The van der Waals surface area contributed by atoms with E-state index >= 15 is 0 Å². The van der Waals surface area contributed by atoms with Crippen molar-refractivity contribution in [1.82, 2.24) is 35.5 Å². The van der Waals surface area contributed by atoms with Crippen LogP contribution in [0.3, 0.4) is 0 Å². The first-order chi connectivity index (χ1) is 20.2. The molecule has 3 aromatic heterocycles. The molecule has 1 saturated carbocycles. The summed E-state index contributed by atoms with van der Waals surface area (Å²) in [5, 5.41) is 21.5. The topological polar surface area (TPSA) is 149 Å². The molecule has 3 heterocycles. The quantitative estimate of drug-likeness (QED) is 0.206. The maximum atomic E-state index is 13.0. The summed E-state index contributed by atoms with van der Waals surface area (Å²) in [5.41, 5.74) is 2.14. The Morgan fingerprint density at radius 3 is 2.71 bits per heavy atom. The first-order valence-corrected chi connectivity index (χ1v) is 13.3. The number of hydrogen-bond acceptors (Lipinski definition) is 9. The van der Waals surface area contributed by atoms with Crippen LogP contribution in [0.5, 0.6) is 5.75 Å². The number of nitrogens with one attached hydrogen (secondary N) is 2. The van der Waals surface area contributed by atoms with E-state index in [1.54, 1.807) is 29.1 Å². The Bertz CT molecular complexity index is 1430. The molecule has 12 nitrogen and oxygen atoms in total. The Labute approximate surface area is 241 Å². The predicted molar refractivity (Wildman–Crippen MR) is 150 cm³/mol. The molecule has 14 heteroatoms. The minimum absolute atomic E-state index is 0.0134. The smallest absolute Gasteiger partial charge is 0.273 e. The number of anilines is 1. The van der Waals surface area contributed by atoms with E-state index in [0.717, 1.165) is 18.5 Å². The van der Waals surface area contributed by atoms with Crippen molar-refractivity contribution in [2.45, 2.75) is 57.1 Å². The molecule has 0 radical (unpaired) electrons. The van der Waals surface area contributed by atoms with Crippen LogP contribution >= 0.6 is 0 Å². The Hall–Kier alpha value is -4.88. The van der Waals surface area contributed by atoms with Crippen LogP contribution in [0, 0.1) is 0 Å². The van der Waals surface area contributed by atoms with Gasteiger partial charge in [0, 0.05) is 31.8 Å². The van der Waals surface area contributed by atoms with Crippen molar-refractivity contribution < 1.29 is 23.1 Å². The molecule has 0 atom stereocenters. The summed E-state index contributed by atoms with van der Waals surface area (Å²) in [7, 11) is 0. The third kappa shape index (κ3) is 9.08. The van der Waals surface area contributed by atoms with E-state index in [1.165, 1.54) is 24.7 Å². The Morgan fingerprint density at radius 1 is 1.17 bits per heavy atom. The van der Waals surface area contributed by atoms with E-state index in [4.69, 9.17) is 4.74 Å². The van der Waals surface area contributed by atoms with Crippen molar-refractivity contribution in [3.8, 4) is 5.75 Å². The number of rotatable bonds is 15. The summed E-state index contributed by atoms with van der Waals surface area (Å²) in [6.07, 6.45) is 8.52. The van der Waals surface area contributed by atoms with Gasteiger partial charge in [-0.05, 0) is 49.1 Å². The number of ether oxygens (including phenoxy) is 1. The molecule has 2 amide bonds. The van der Waals surface area contributed by atoms with Gasteiger partial charge in [0.25, 0.3) is 11.8 Å². The van der Waals surface area contributed by atoms with Crippen molar-refractivity contribution in [3.63, 3.8) is 0 Å². The number of aromatic nitrogens is 6. The number of carbonyl (C=O) groups excluding carboxylic acids is 2. The standard InChI is InChI=1S/C28H31F2N9O3/c1-3-20(32-4-2)16-33-27(41)24-18-39(38-36-24)10-6-5-7-21-8-9-25(37-35-21)34-26(40)12-19-11-22(17-31-15-19)42-23-13-28(29,30)14-23/h3-4,8-9,11,15,17-18,23H,1-2,5-7,10,12-14,16H2,(H,33,41)(H,34,37,40). The van der Waals surface area contributed by atoms with Gasteiger partial charge in [0.05, 0.1) is 36.8 Å². The van der Waals surface area contributed by atoms with Crippen molar-refractivity contribution in [2.75, 3.05) is 11.9 Å². The van der Waals surface area contributed by atoms with Gasteiger partial charge in [-0.25, -0.2) is 8.78 Å². The van der Waals surface area contributed by atoms with Crippen LogP contribution in [0.15, 0.2) is 67.2 Å². The SMILES string of the molecule is C=CN=C(C=C)CNC(=O)c1cn(CCCCc2ccc(NC(=O)Cc3cncc(OC4CC(F)(F)C4)c3)nn2)nn1. The highest BCUT2D eigenvalue weighted by molar-refractivity contribution is 6.00. The molecular weight excluding hydrogens is 548 g/mol. The third-order valence-electron chi connectivity index (χ3n) is 6.24. The van der Waals surface area contributed by atoms with E-state index in [9.17, 15) is 18.4 Å². The Morgan fingerprint density at radius 2 is 2.00 bits per heavy atom. The number of aliphatic imine (C=N–C) groups is 1. The number of alkyl halides is 2. The molecular formula is C28H31F2N9O3. The molecule has 1 aliphatic carbocycles. The molecule has 0 saturated heterocycles. The van der Waals surface area contributed by atoms with Crippen LogP contribution in [-0.2, 0) is 24.2 Å². The van der Waals surface area contributed by atoms with Gasteiger partial charge in [0.2, 0.25) is 5.91 Å². The number of nitrogens with zero attached hydrogens (tertiary/aromatic N) is 7. The number of aryl methyl sites for hydroxylation is 2. The molecule has 0 unspecified atom stereocenters. The lowest BCUT2D eigenvalue weighted by Gasteiger charge is -2.34. The minimum atomic E-state index is -2.67. The Kier molecular flexibility index (Phi) is 10.1. The second-order valence-electron chi connectivity index (χ2n) is 9.68. The molecule has 4 rings (SSSR count). The largest absolute Gasteiger partial charge is 0.488 e. The molecule has 220 valence electrons. The molecule has 0 aromatic carbocycles. The molecule has 42 heavy (non-hydrogen) atoms. The third-order valence-corrected chi connectivity index (χ3v) is 6.24. The van der Waals surface area contributed by atoms with Crippen molar-refractivity contribution in [1.29, 1.82) is 0 Å². The lowest BCUT2D eigenvalue weighted by molar-refractivity contribution is -0.134. The zero-order chi connectivity index (χ0) is 30.0. The van der Waals surface area contributed by atoms with Crippen LogP contribution < -0.4 is 15.4 Å². The number of hydrogen-bond donors (Lipinski definition) is 2. The van der Waals surface area contributed by atoms with E-state index < -0.39 is 12.0 Å². The number of amides is 2. The fourth-order valence-electron chi connectivity index (χ4n) is 4.08. The summed E-state index contributed by atoms with van der Waals surface area (Å²) in [6, 6.07) is 5.08. The van der Waals surface area contributed by atoms with Crippen LogP contribution in [-0.4, -0.2) is 66.3 Å². The van der Waals surface area contributed by atoms with Gasteiger partial charge in [0.15, 0.2) is 11.5 Å². The Balaban J connectivity index is 1.15. The molecule has 1 aliphatic rings. The highest BCUT2D eigenvalue weighted by Crippen LogP contribution is 2.39. The summed E-state index contributed by atoms with van der Waals surface area (Å²) in [4.78, 5) is 32.7. The highest BCUT2D eigenvalue weighted by Gasteiger charge is 2.47. The van der Waals surface area contributed by atoms with E-state index in [-0.39, 0.29) is 43.3 Å². The average molecular weight is 580 g/mol. The zero-order valence-electron chi connectivity index (χ0n) is 22.9. The lowest BCUT2D eigenvalue weighted by Crippen LogP contribution is -2.43. The first kappa shape index (κ1) is 30.1.